The summed E-state index contributed by atoms with van der Waals surface area (Å²) in [7, 11) is 0. The van der Waals surface area contributed by atoms with Crippen LogP contribution in [-0.2, 0) is 4.79 Å². The summed E-state index contributed by atoms with van der Waals surface area (Å²) in [6.07, 6.45) is -1.15. The number of carboxylic acid groups (broad SMARTS) is 1. The van der Waals surface area contributed by atoms with Crippen LogP contribution in [0.5, 0.6) is 5.75 Å². The van der Waals surface area contributed by atoms with Gasteiger partial charge in [-0.05, 0) is 19.1 Å². The Bertz CT molecular complexity index is 599. The Labute approximate surface area is 120 Å². The first-order valence-electron chi connectivity index (χ1n) is 6.23. The van der Waals surface area contributed by atoms with Crippen LogP contribution >= 0.6 is 11.8 Å². The van der Waals surface area contributed by atoms with E-state index in [1.54, 1.807) is 0 Å². The number of rotatable bonds is 7. The van der Waals surface area contributed by atoms with Gasteiger partial charge in [0.15, 0.2) is 5.16 Å². The Balaban J connectivity index is 2.02. The van der Waals surface area contributed by atoms with Gasteiger partial charge in [-0.3, -0.25) is 4.79 Å². The molecular formula is C13H16N2O4S. The highest BCUT2D eigenvalue weighted by Gasteiger charge is 2.12. The van der Waals surface area contributed by atoms with Crippen molar-refractivity contribution < 1.29 is 19.7 Å². The smallest absolute Gasteiger partial charge is 0.306 e. The van der Waals surface area contributed by atoms with Crippen molar-refractivity contribution in [2.45, 2.75) is 24.6 Å². The van der Waals surface area contributed by atoms with E-state index in [1.807, 2.05) is 25.1 Å². The quantitative estimate of drug-likeness (QED) is 0.675. The first kappa shape index (κ1) is 14.7. The van der Waals surface area contributed by atoms with Gasteiger partial charge in [-0.25, -0.2) is 4.98 Å². The minimum Gasteiger partial charge on any atom is -0.494 e. The minimum atomic E-state index is -1.01. The van der Waals surface area contributed by atoms with E-state index >= 15 is 0 Å². The molecule has 0 aliphatic heterocycles. The number of aliphatic hydroxyl groups excluding tert-OH is 1. The second-order valence-corrected chi connectivity index (χ2v) is 5.23. The summed E-state index contributed by atoms with van der Waals surface area (Å²) in [6, 6.07) is 5.57. The van der Waals surface area contributed by atoms with Crippen LogP contribution in [0, 0.1) is 0 Å². The number of aromatic amines is 1. The summed E-state index contributed by atoms with van der Waals surface area (Å²) in [4.78, 5) is 17.9. The predicted octanol–water partition coefficient (Wildman–Crippen LogP) is 1.89. The number of ether oxygens (including phenoxy) is 1. The average Bonchev–Trinajstić information content (AvgIpc) is 2.78. The zero-order chi connectivity index (χ0) is 14.5. The van der Waals surface area contributed by atoms with Crippen molar-refractivity contribution in [1.29, 1.82) is 0 Å². The first-order chi connectivity index (χ1) is 9.58. The van der Waals surface area contributed by atoms with Gasteiger partial charge in [-0.2, -0.15) is 0 Å². The SMILES string of the molecule is CCOc1ccc2nc(SCC(O)CC(=O)O)[nH]c2c1. The van der Waals surface area contributed by atoms with E-state index in [0.717, 1.165) is 16.8 Å². The van der Waals surface area contributed by atoms with Crippen LogP contribution in [-0.4, -0.2) is 44.6 Å². The third-order valence-corrected chi connectivity index (χ3v) is 3.58. The van der Waals surface area contributed by atoms with Crippen LogP contribution in [0.15, 0.2) is 23.4 Å². The highest BCUT2D eigenvalue weighted by molar-refractivity contribution is 7.99. The van der Waals surface area contributed by atoms with Crippen molar-refractivity contribution in [1.82, 2.24) is 9.97 Å². The Kier molecular flexibility index (Phi) is 4.86. The summed E-state index contributed by atoms with van der Waals surface area (Å²) < 4.78 is 5.41. The van der Waals surface area contributed by atoms with Crippen LogP contribution in [0.25, 0.3) is 11.0 Å². The molecule has 0 saturated heterocycles. The maximum atomic E-state index is 10.5. The summed E-state index contributed by atoms with van der Waals surface area (Å²) in [6.45, 7) is 2.52. The largest absolute Gasteiger partial charge is 0.494 e. The Morgan fingerprint density at radius 2 is 2.35 bits per heavy atom. The molecule has 1 atom stereocenters. The molecule has 6 nitrogen and oxygen atoms in total. The van der Waals surface area contributed by atoms with Crippen LogP contribution in [0.2, 0.25) is 0 Å². The Hall–Kier alpha value is -1.73. The molecule has 2 rings (SSSR count). The summed E-state index contributed by atoms with van der Waals surface area (Å²) in [5.74, 6) is 0.0416. The summed E-state index contributed by atoms with van der Waals surface area (Å²) in [5, 5.41) is 18.7. The topological polar surface area (TPSA) is 95.4 Å². The average molecular weight is 296 g/mol. The number of nitrogens with one attached hydrogen (secondary N) is 1. The number of carbonyl (C=O) groups is 1. The number of hydrogen-bond donors (Lipinski definition) is 3. The second kappa shape index (κ2) is 6.62. The molecule has 0 bridgehead atoms. The number of imidazole rings is 1. The van der Waals surface area contributed by atoms with Crippen molar-refractivity contribution in [3.63, 3.8) is 0 Å². The minimum absolute atomic E-state index is 0.262. The van der Waals surface area contributed by atoms with Crippen LogP contribution in [0.3, 0.4) is 0 Å². The Morgan fingerprint density at radius 1 is 1.55 bits per heavy atom. The fraction of sp³-hybridized carbons (Fsp3) is 0.385. The van der Waals surface area contributed by atoms with Gasteiger partial charge in [-0.15, -0.1) is 0 Å². The van der Waals surface area contributed by atoms with Gasteiger partial charge in [0.05, 0.1) is 30.2 Å². The van der Waals surface area contributed by atoms with Gasteiger partial charge in [0.25, 0.3) is 0 Å². The van der Waals surface area contributed by atoms with Gasteiger partial charge in [0, 0.05) is 11.8 Å². The fourth-order valence-corrected chi connectivity index (χ4v) is 2.54. The number of carboxylic acids is 1. The van der Waals surface area contributed by atoms with Gasteiger partial charge < -0.3 is 19.9 Å². The number of aliphatic carboxylic acids is 1. The van der Waals surface area contributed by atoms with Crippen LogP contribution in [0.4, 0.5) is 0 Å². The predicted molar refractivity (Wildman–Crippen MR) is 76.2 cm³/mol. The molecule has 1 heterocycles. The molecule has 0 saturated carbocycles. The standard InChI is InChI=1S/C13H16N2O4S/c1-2-19-9-3-4-10-11(6-9)15-13(14-10)20-7-8(16)5-12(17)18/h3-4,6,8,16H,2,5,7H2,1H3,(H,14,15)(H,17,18). The molecule has 3 N–H and O–H groups in total. The second-order valence-electron chi connectivity index (χ2n) is 4.22. The molecule has 1 aromatic heterocycles. The first-order valence-corrected chi connectivity index (χ1v) is 7.22. The summed E-state index contributed by atoms with van der Waals surface area (Å²) in [5.41, 5.74) is 1.66. The number of hydrogen-bond acceptors (Lipinski definition) is 5. The van der Waals surface area contributed by atoms with Crippen molar-refractivity contribution >= 4 is 28.8 Å². The van der Waals surface area contributed by atoms with Gasteiger partial charge >= 0.3 is 5.97 Å². The normalized spacial score (nSPS) is 12.5. The number of aromatic nitrogens is 2. The number of fused-ring (bicyclic) bond motifs is 1. The van der Waals surface area contributed by atoms with E-state index in [-0.39, 0.29) is 12.2 Å². The highest BCUT2D eigenvalue weighted by atomic mass is 32.2. The third-order valence-electron chi connectivity index (χ3n) is 2.57. The monoisotopic (exact) mass is 296 g/mol. The number of nitrogens with zero attached hydrogens (tertiary/aromatic N) is 1. The van der Waals surface area contributed by atoms with E-state index in [4.69, 9.17) is 9.84 Å². The lowest BCUT2D eigenvalue weighted by Gasteiger charge is -2.04. The Morgan fingerprint density at radius 3 is 3.05 bits per heavy atom. The maximum Gasteiger partial charge on any atom is 0.306 e. The zero-order valence-corrected chi connectivity index (χ0v) is 11.8. The molecule has 2 aromatic rings. The third kappa shape index (κ3) is 3.88. The van der Waals surface area contributed by atoms with Crippen molar-refractivity contribution in [3.05, 3.63) is 18.2 Å². The lowest BCUT2D eigenvalue weighted by molar-refractivity contribution is -0.138. The van der Waals surface area contributed by atoms with Gasteiger partial charge in [-0.1, -0.05) is 11.8 Å². The molecule has 0 aliphatic rings. The van der Waals surface area contributed by atoms with E-state index < -0.39 is 12.1 Å². The fourth-order valence-electron chi connectivity index (χ4n) is 1.73. The molecule has 0 spiro atoms. The molecule has 0 radical (unpaired) electrons. The lowest BCUT2D eigenvalue weighted by atomic mass is 10.3. The molecule has 20 heavy (non-hydrogen) atoms. The molecule has 1 aromatic carbocycles. The molecule has 0 fully saturated rings. The van der Waals surface area contributed by atoms with Crippen molar-refractivity contribution in [3.8, 4) is 5.75 Å². The van der Waals surface area contributed by atoms with E-state index in [0.29, 0.717) is 11.8 Å². The molecular weight excluding hydrogens is 280 g/mol. The molecule has 0 aliphatic carbocycles. The maximum absolute atomic E-state index is 10.5. The van der Waals surface area contributed by atoms with Gasteiger partial charge in [0.2, 0.25) is 0 Å². The van der Waals surface area contributed by atoms with Gasteiger partial charge in [0.1, 0.15) is 5.75 Å². The molecule has 0 amide bonds. The highest BCUT2D eigenvalue weighted by Crippen LogP contribution is 2.23. The number of benzene rings is 1. The van der Waals surface area contributed by atoms with Crippen molar-refractivity contribution in [2.24, 2.45) is 0 Å². The number of H-pyrrole nitrogens is 1. The van der Waals surface area contributed by atoms with E-state index in [2.05, 4.69) is 9.97 Å². The lowest BCUT2D eigenvalue weighted by Crippen LogP contribution is -2.15. The number of aliphatic hydroxyl groups is 1. The molecule has 7 heteroatoms. The van der Waals surface area contributed by atoms with E-state index in [9.17, 15) is 9.90 Å². The number of thioether (sulfide) groups is 1. The molecule has 108 valence electrons. The summed E-state index contributed by atoms with van der Waals surface area (Å²) >= 11 is 1.29. The van der Waals surface area contributed by atoms with Crippen LogP contribution < -0.4 is 4.74 Å². The van der Waals surface area contributed by atoms with E-state index in [1.165, 1.54) is 11.8 Å². The molecule has 1 unspecified atom stereocenters. The zero-order valence-electron chi connectivity index (χ0n) is 11.0. The van der Waals surface area contributed by atoms with Crippen LogP contribution in [0.1, 0.15) is 13.3 Å². The van der Waals surface area contributed by atoms with Crippen molar-refractivity contribution in [2.75, 3.05) is 12.4 Å².